The Morgan fingerprint density at radius 3 is 1.22 bits per heavy atom. The highest BCUT2D eigenvalue weighted by molar-refractivity contribution is 6.66. The van der Waals surface area contributed by atoms with Crippen LogP contribution < -0.4 is 42.7 Å². The van der Waals surface area contributed by atoms with Gasteiger partial charge >= 0.3 is 19.3 Å². The van der Waals surface area contributed by atoms with Crippen LogP contribution in [0.4, 0.5) is 58.1 Å². The highest BCUT2D eigenvalue weighted by atomic mass is 35.5. The van der Waals surface area contributed by atoms with Gasteiger partial charge in [0.15, 0.2) is 22.6 Å². The van der Waals surface area contributed by atoms with Gasteiger partial charge in [0, 0.05) is 95.1 Å². The molecule has 0 radical (unpaired) electrons. The smallest absolute Gasteiger partial charge is 0.444 e. The molecule has 4 aliphatic rings. The summed E-state index contributed by atoms with van der Waals surface area (Å²) in [5.74, 6) is -0.0591. The third kappa shape index (κ3) is 20.1. The second-order valence-corrected chi connectivity index (χ2v) is 26.2. The molecule has 92 heavy (non-hydrogen) atoms. The number of amides is 2. The van der Waals surface area contributed by atoms with E-state index in [9.17, 15) is 22.8 Å². The number of rotatable bonds is 6. The molecule has 24 nitrogen and oxygen atoms in total. The first kappa shape index (κ1) is 76.8. The average Bonchev–Trinajstić information content (AvgIpc) is 1.58. The van der Waals surface area contributed by atoms with E-state index < -0.39 is 47.0 Å². The summed E-state index contributed by atoms with van der Waals surface area (Å²) in [5, 5.41) is 28.1. The molecule has 0 unspecified atom stereocenters. The van der Waals surface area contributed by atoms with Gasteiger partial charge in [-0.25, -0.2) is 22.8 Å². The third-order valence-electron chi connectivity index (χ3n) is 13.9. The molecular weight excluding hydrogens is 1370 g/mol. The van der Waals surface area contributed by atoms with E-state index >= 15 is 0 Å². The molecule has 0 atom stereocenters. The molecule has 0 bridgehead atoms. The van der Waals surface area contributed by atoms with E-state index in [1.54, 1.807) is 9.80 Å². The molecule has 6 aromatic rings. The summed E-state index contributed by atoms with van der Waals surface area (Å²) in [6.45, 7) is 26.0. The Morgan fingerprint density at radius 1 is 0.522 bits per heavy atom. The zero-order valence-electron chi connectivity index (χ0n) is 51.2. The number of nitrogens with one attached hydrogen (secondary N) is 1. The van der Waals surface area contributed by atoms with Crippen molar-refractivity contribution in [3.63, 3.8) is 0 Å². The zero-order valence-corrected chi connectivity index (χ0v) is 57.3. The molecule has 3 aromatic heterocycles. The number of ether oxygens (including phenoxy) is 2. The number of carbonyl (C=O) groups is 2. The summed E-state index contributed by atoms with van der Waals surface area (Å²) < 4.78 is 63.0. The number of anilines is 6. The summed E-state index contributed by atoms with van der Waals surface area (Å²) in [4.78, 5) is 45.8. The Bertz CT molecular complexity index is 3550. The second kappa shape index (κ2) is 32.0. The van der Waals surface area contributed by atoms with Gasteiger partial charge in [-0.3, -0.25) is 0 Å². The Balaban J connectivity index is 0.000000224. The van der Waals surface area contributed by atoms with Gasteiger partial charge in [-0.1, -0.05) is 88.6 Å². The number of benzene rings is 3. The van der Waals surface area contributed by atoms with Crippen molar-refractivity contribution in [2.24, 2.45) is 0 Å². The molecule has 0 saturated carbocycles. The van der Waals surface area contributed by atoms with E-state index in [2.05, 4.69) is 50.9 Å². The quantitative estimate of drug-likeness (QED) is 0.0890. The van der Waals surface area contributed by atoms with Crippen LogP contribution in [-0.2, 0) is 18.8 Å². The fourth-order valence-corrected chi connectivity index (χ4v) is 9.93. The molecule has 0 spiro atoms. The van der Waals surface area contributed by atoms with Gasteiger partial charge in [0.05, 0.1) is 41.3 Å². The predicted molar refractivity (Wildman–Crippen MR) is 360 cm³/mol. The first-order chi connectivity index (χ1) is 42.0. The van der Waals surface area contributed by atoms with Crippen molar-refractivity contribution in [3.05, 3.63) is 89.1 Å². The van der Waals surface area contributed by atoms with E-state index in [0.29, 0.717) is 75.7 Å². The molecule has 7 N–H and O–H groups in total. The lowest BCUT2D eigenvalue weighted by Crippen LogP contribution is -2.50. The number of halogens is 11. The van der Waals surface area contributed by atoms with Crippen molar-refractivity contribution >= 4 is 154 Å². The molecule has 3 aromatic carbocycles. The maximum absolute atomic E-state index is 13.7. The number of aromatic nitrogens is 9. The lowest BCUT2D eigenvalue weighted by atomic mass is 9.79. The Hall–Kier alpha value is -5.92. The topological polar surface area (TPSA) is 293 Å². The van der Waals surface area contributed by atoms with Crippen molar-refractivity contribution in [1.82, 2.24) is 60.7 Å². The number of piperazine rings is 3. The Morgan fingerprint density at radius 2 is 0.859 bits per heavy atom. The van der Waals surface area contributed by atoms with Crippen LogP contribution in [0.2, 0.25) is 35.3 Å². The Kier molecular flexibility index (Phi) is 26.7. The van der Waals surface area contributed by atoms with Gasteiger partial charge < -0.3 is 65.8 Å². The van der Waals surface area contributed by atoms with Gasteiger partial charge in [0.25, 0.3) is 0 Å². The number of carbonyl (C=O) groups excluding carboxylic acids is 2. The number of nitrogens with zero attached hydrogens (tertiary/aromatic N) is 14. The minimum atomic E-state index is -0.712. The number of hydrogen-bond donors (Lipinski definition) is 4. The van der Waals surface area contributed by atoms with E-state index in [4.69, 9.17) is 117 Å². The van der Waals surface area contributed by atoms with E-state index in [1.807, 2.05) is 83.9 Å². The maximum atomic E-state index is 13.7. The van der Waals surface area contributed by atoms with Crippen LogP contribution in [0, 0.1) is 17.5 Å². The van der Waals surface area contributed by atoms with Crippen LogP contribution in [-0.4, -0.2) is 176 Å². The second-order valence-electron chi connectivity index (χ2n) is 23.5. The summed E-state index contributed by atoms with van der Waals surface area (Å²) in [7, 11) is -0.712. The van der Waals surface area contributed by atoms with E-state index in [-0.39, 0.29) is 107 Å². The first-order valence-corrected chi connectivity index (χ1v) is 30.5. The summed E-state index contributed by atoms with van der Waals surface area (Å²) >= 11 is 41.7. The van der Waals surface area contributed by atoms with Gasteiger partial charge in [-0.05, 0) is 106 Å². The predicted octanol–water partition coefficient (Wildman–Crippen LogP) is 11.3. The van der Waals surface area contributed by atoms with Crippen molar-refractivity contribution in [3.8, 4) is 22.5 Å². The fourth-order valence-electron chi connectivity index (χ4n) is 8.63. The lowest BCUT2D eigenvalue weighted by Gasteiger charge is -2.35. The number of nitrogens with two attached hydrogens (primary N) is 3. The molecule has 2 amide bonds. The van der Waals surface area contributed by atoms with E-state index in [1.165, 1.54) is 24.3 Å². The fraction of sp³-hybridized carbons (Fsp3) is 0.482. The molecule has 36 heteroatoms. The molecule has 7 heterocycles. The molecule has 4 saturated heterocycles. The molecule has 10 rings (SSSR count). The maximum Gasteiger partial charge on any atom is 0.496 e. The van der Waals surface area contributed by atoms with Gasteiger partial charge in [-0.15, -0.1) is 43.0 Å². The largest absolute Gasteiger partial charge is 0.496 e. The van der Waals surface area contributed by atoms with Crippen LogP contribution >= 0.6 is 93.6 Å². The monoisotopic (exact) mass is 1440 g/mol. The average molecular weight is 1440 g/mol. The number of hydrogen-bond acceptors (Lipinski definition) is 22. The molecule has 4 aliphatic heterocycles. The summed E-state index contributed by atoms with van der Waals surface area (Å²) in [6.07, 6.45) is -0.666. The first-order valence-electron chi connectivity index (χ1n) is 27.9. The van der Waals surface area contributed by atoms with Crippen LogP contribution in [0.3, 0.4) is 0 Å². The lowest BCUT2D eigenvalue weighted by molar-refractivity contribution is 0.00578. The van der Waals surface area contributed by atoms with E-state index in [0.717, 1.165) is 38.3 Å². The van der Waals surface area contributed by atoms with Gasteiger partial charge in [0.2, 0.25) is 17.8 Å². The van der Waals surface area contributed by atoms with Crippen LogP contribution in [0.25, 0.3) is 22.5 Å². The minimum Gasteiger partial charge on any atom is -0.444 e. The molecule has 4 fully saturated rings. The summed E-state index contributed by atoms with van der Waals surface area (Å²) in [6, 6.07) is 7.06. The summed E-state index contributed by atoms with van der Waals surface area (Å²) in [5.41, 5.74) is 16.8. The highest BCUT2D eigenvalue weighted by Crippen LogP contribution is 2.39. The SMILES string of the molecule is C.CC(C)(C)OC(=O)N1CCN(c2nnc(-c3cc(F)cc(Cl)c3Cl)c(N)n2)CC1.CC(C)(C)OC(=O)N1CCN(c2nnc(Cl)c(N)n2)CC1.CC1(C)OB(c2cc(F)cc(Cl)c2Cl)OC1(C)C.Cl.Nc1nc(N2CCNCC2)nnc1-c1cc(F)cc(Cl)c1Cl. The Labute approximate surface area is 573 Å². The molecule has 0 aliphatic carbocycles. The standard InChI is InChI=1S/C18H21Cl2FN6O2.C13H13Cl2FN6.C12H14BCl2FO2.C12H19ClN6O2.CH4.ClH/c1-18(2,3)29-17(28)27-6-4-26(5-7-27)16-23-15(22)14(24-25-16)11-8-10(21)9-12(19)13(11)20;14-9-6-7(16)5-8(10(9)15)11-12(17)19-13(21-20-11)22-3-1-18-2-4-22;1-11(2)12(3,4)18-13(17-11)8-5-7(16)6-9(14)10(8)15;1-12(2,3)21-11(20)19-6-4-18(5-7-19)10-15-9(14)8(13)16-17-10;;/h8-9H,4-7H2,1-3H3,(H2,22,23,25);5-6,18H,1-4H2,(H2,17,19,21);5-6H,1-4H3;4-7H2,1-3H3,(H2,14,15,17);1H4;1H. The van der Waals surface area contributed by atoms with Crippen LogP contribution in [0.15, 0.2) is 36.4 Å². The molecular formula is C56H72BCl8F3N18O6. The van der Waals surface area contributed by atoms with Gasteiger partial charge in [-0.2, -0.15) is 15.0 Å². The van der Waals surface area contributed by atoms with Gasteiger partial charge in [0.1, 0.15) is 40.0 Å². The zero-order chi connectivity index (χ0) is 66.4. The molecule has 502 valence electrons. The number of nitrogen functional groups attached to an aromatic ring is 3. The van der Waals surface area contributed by atoms with Crippen molar-refractivity contribution in [1.29, 1.82) is 0 Å². The van der Waals surface area contributed by atoms with Crippen LogP contribution in [0.5, 0.6) is 0 Å². The van der Waals surface area contributed by atoms with Crippen molar-refractivity contribution in [2.75, 3.05) is 110 Å². The normalized spacial score (nSPS) is 16.1. The highest BCUT2D eigenvalue weighted by Gasteiger charge is 2.52. The van der Waals surface area contributed by atoms with Crippen LogP contribution in [0.1, 0.15) is 76.7 Å². The van der Waals surface area contributed by atoms with Crippen molar-refractivity contribution < 1.29 is 41.5 Å². The van der Waals surface area contributed by atoms with Crippen molar-refractivity contribution in [2.45, 2.75) is 99.1 Å². The minimum absolute atomic E-state index is 0. The third-order valence-corrected chi connectivity index (χ3v) is 16.6.